The molecule has 1 N–H and O–H groups in total. The lowest BCUT2D eigenvalue weighted by Crippen LogP contribution is -2.37. The predicted octanol–water partition coefficient (Wildman–Crippen LogP) is 3.64. The van der Waals surface area contributed by atoms with Crippen molar-refractivity contribution in [1.82, 2.24) is 9.21 Å². The van der Waals surface area contributed by atoms with Crippen molar-refractivity contribution in [2.24, 2.45) is 11.8 Å². The fraction of sp³-hybridized carbons (Fsp3) is 0.632. The molecule has 1 aromatic carbocycles. The van der Waals surface area contributed by atoms with Crippen LogP contribution in [0.2, 0.25) is 5.02 Å². The number of anilines is 1. The van der Waals surface area contributed by atoms with Gasteiger partial charge in [0.25, 0.3) is 0 Å². The van der Waals surface area contributed by atoms with Gasteiger partial charge < -0.3 is 10.2 Å². The van der Waals surface area contributed by atoms with E-state index in [1.54, 1.807) is 27.4 Å². The van der Waals surface area contributed by atoms with Gasteiger partial charge in [-0.2, -0.15) is 0 Å². The van der Waals surface area contributed by atoms with Crippen molar-refractivity contribution in [3.8, 4) is 0 Å². The average Bonchev–Trinajstić information content (AvgIpc) is 2.75. The van der Waals surface area contributed by atoms with Crippen LogP contribution in [0, 0.1) is 11.8 Å². The summed E-state index contributed by atoms with van der Waals surface area (Å²) in [5.74, 6) is 0.579. The largest absolute Gasteiger partial charge is 0.324 e. The minimum absolute atomic E-state index is 0.0975. The van der Waals surface area contributed by atoms with E-state index in [9.17, 15) is 13.2 Å². The molecule has 0 spiro atoms. The maximum atomic E-state index is 12.9. The molecule has 2 atom stereocenters. The van der Waals surface area contributed by atoms with Gasteiger partial charge in [-0.05, 0) is 43.2 Å². The first kappa shape index (κ1) is 20.4. The van der Waals surface area contributed by atoms with E-state index < -0.39 is 10.0 Å². The van der Waals surface area contributed by atoms with Gasteiger partial charge >= 0.3 is 6.03 Å². The molecule has 2 fully saturated rings. The summed E-state index contributed by atoms with van der Waals surface area (Å²) in [6.45, 7) is 6.40. The Kier molecular flexibility index (Phi) is 6.33. The molecule has 2 aliphatic rings. The first-order valence-corrected chi connectivity index (χ1v) is 11.5. The highest BCUT2D eigenvalue weighted by atomic mass is 35.5. The van der Waals surface area contributed by atoms with Crippen molar-refractivity contribution in [2.75, 3.05) is 31.5 Å². The van der Waals surface area contributed by atoms with Crippen LogP contribution >= 0.6 is 11.6 Å². The number of urea groups is 1. The van der Waals surface area contributed by atoms with Gasteiger partial charge in [-0.3, -0.25) is 0 Å². The number of halogens is 1. The highest BCUT2D eigenvalue weighted by molar-refractivity contribution is 7.90. The Bertz CT molecular complexity index is 784. The van der Waals surface area contributed by atoms with Crippen molar-refractivity contribution in [1.29, 1.82) is 0 Å². The molecule has 2 heterocycles. The summed E-state index contributed by atoms with van der Waals surface area (Å²) < 4.78 is 27.5. The normalized spacial score (nSPS) is 25.3. The smallest absolute Gasteiger partial charge is 0.321 e. The zero-order valence-corrected chi connectivity index (χ0v) is 17.5. The summed E-state index contributed by atoms with van der Waals surface area (Å²) in [5, 5.41) is 2.95. The van der Waals surface area contributed by atoms with E-state index in [0.717, 1.165) is 6.42 Å². The molecule has 0 aromatic heterocycles. The standard InChI is InChI=1S/C19H28ClN3O3S/c1-14(2)7-12-23-13-15-8-10-22(11-9-18(15)27(23,25)26)19(24)21-17-6-4-3-5-16(17)20/h3-6,14-15,18H,7-13H2,1-2H3,(H,21,24)/t15-,18-/m0/s1. The highest BCUT2D eigenvalue weighted by Gasteiger charge is 2.46. The second-order valence-corrected chi connectivity index (χ2v) is 10.4. The summed E-state index contributed by atoms with van der Waals surface area (Å²) in [6.07, 6.45) is 2.07. The van der Waals surface area contributed by atoms with Crippen LogP contribution in [0.3, 0.4) is 0 Å². The number of fused-ring (bicyclic) bond motifs is 1. The van der Waals surface area contributed by atoms with Gasteiger partial charge in [-0.25, -0.2) is 17.5 Å². The molecule has 8 heteroatoms. The van der Waals surface area contributed by atoms with Gasteiger partial charge in [0.15, 0.2) is 0 Å². The van der Waals surface area contributed by atoms with Crippen LogP contribution in [0.25, 0.3) is 0 Å². The van der Waals surface area contributed by atoms with Crippen LogP contribution in [0.5, 0.6) is 0 Å². The molecule has 0 bridgehead atoms. The number of likely N-dealkylation sites (tertiary alicyclic amines) is 1. The topological polar surface area (TPSA) is 69.7 Å². The number of nitrogens with one attached hydrogen (secondary N) is 1. The minimum Gasteiger partial charge on any atom is -0.324 e. The predicted molar refractivity (Wildman–Crippen MR) is 109 cm³/mol. The molecule has 2 aliphatic heterocycles. The van der Waals surface area contributed by atoms with E-state index in [1.807, 2.05) is 6.07 Å². The average molecular weight is 414 g/mol. The van der Waals surface area contributed by atoms with E-state index >= 15 is 0 Å². The zero-order valence-electron chi connectivity index (χ0n) is 15.9. The van der Waals surface area contributed by atoms with Crippen LogP contribution in [0.4, 0.5) is 10.5 Å². The molecule has 1 aromatic rings. The number of para-hydroxylation sites is 1. The van der Waals surface area contributed by atoms with Gasteiger partial charge in [-0.15, -0.1) is 0 Å². The van der Waals surface area contributed by atoms with E-state index in [1.165, 1.54) is 0 Å². The Balaban J connectivity index is 1.62. The second kappa shape index (κ2) is 8.37. The lowest BCUT2D eigenvalue weighted by atomic mass is 10.0. The van der Waals surface area contributed by atoms with Gasteiger partial charge in [0.05, 0.1) is 16.0 Å². The maximum absolute atomic E-state index is 12.9. The Morgan fingerprint density at radius 1 is 1.26 bits per heavy atom. The lowest BCUT2D eigenvalue weighted by Gasteiger charge is -2.23. The zero-order chi connectivity index (χ0) is 19.6. The van der Waals surface area contributed by atoms with Crippen LogP contribution in [0.1, 0.15) is 33.1 Å². The van der Waals surface area contributed by atoms with Gasteiger partial charge in [0, 0.05) is 26.2 Å². The number of carbonyl (C=O) groups excluding carboxylic acids is 1. The summed E-state index contributed by atoms with van der Waals surface area (Å²) in [5.41, 5.74) is 0.570. The summed E-state index contributed by atoms with van der Waals surface area (Å²) in [7, 11) is -3.27. The molecular weight excluding hydrogens is 386 g/mol. The lowest BCUT2D eigenvalue weighted by molar-refractivity contribution is 0.212. The quantitative estimate of drug-likeness (QED) is 0.819. The fourth-order valence-electron chi connectivity index (χ4n) is 3.88. The maximum Gasteiger partial charge on any atom is 0.321 e. The number of hydrogen-bond donors (Lipinski definition) is 1. The van der Waals surface area contributed by atoms with Gasteiger partial charge in [0.2, 0.25) is 10.0 Å². The first-order chi connectivity index (χ1) is 12.8. The molecule has 6 nitrogen and oxygen atoms in total. The van der Waals surface area contributed by atoms with Crippen molar-refractivity contribution < 1.29 is 13.2 Å². The number of benzene rings is 1. The van der Waals surface area contributed by atoms with Crippen molar-refractivity contribution in [2.45, 2.75) is 38.4 Å². The third kappa shape index (κ3) is 4.58. The van der Waals surface area contributed by atoms with E-state index in [0.29, 0.717) is 55.6 Å². The molecule has 2 saturated heterocycles. The summed E-state index contributed by atoms with van der Waals surface area (Å²) >= 11 is 6.10. The third-order valence-electron chi connectivity index (χ3n) is 5.52. The Morgan fingerprint density at radius 2 is 1.96 bits per heavy atom. The van der Waals surface area contributed by atoms with Gasteiger partial charge in [0.1, 0.15) is 0 Å². The molecule has 0 radical (unpaired) electrons. The van der Waals surface area contributed by atoms with E-state index in [2.05, 4.69) is 19.2 Å². The van der Waals surface area contributed by atoms with E-state index in [-0.39, 0.29) is 17.2 Å². The summed E-state index contributed by atoms with van der Waals surface area (Å²) in [6, 6.07) is 6.87. The monoisotopic (exact) mass is 413 g/mol. The minimum atomic E-state index is -3.27. The fourth-order valence-corrected chi connectivity index (χ4v) is 6.31. The number of nitrogens with zero attached hydrogens (tertiary/aromatic N) is 2. The molecular formula is C19H28ClN3O3S. The number of carbonyl (C=O) groups is 1. The number of hydrogen-bond acceptors (Lipinski definition) is 3. The van der Waals surface area contributed by atoms with Crippen LogP contribution in [0.15, 0.2) is 24.3 Å². The number of rotatable bonds is 4. The van der Waals surface area contributed by atoms with Crippen LogP contribution < -0.4 is 5.32 Å². The van der Waals surface area contributed by atoms with Crippen molar-refractivity contribution in [3.63, 3.8) is 0 Å². The Hall–Kier alpha value is -1.31. The molecule has 150 valence electrons. The van der Waals surface area contributed by atoms with Gasteiger partial charge in [-0.1, -0.05) is 37.6 Å². The highest BCUT2D eigenvalue weighted by Crippen LogP contribution is 2.34. The molecule has 0 unspecified atom stereocenters. The third-order valence-corrected chi connectivity index (χ3v) is 8.29. The van der Waals surface area contributed by atoms with Crippen LogP contribution in [-0.4, -0.2) is 55.1 Å². The van der Waals surface area contributed by atoms with Crippen molar-refractivity contribution >= 4 is 33.3 Å². The number of amides is 2. The number of sulfonamides is 1. The molecule has 0 aliphatic carbocycles. The molecule has 2 amide bonds. The second-order valence-electron chi connectivity index (χ2n) is 7.86. The molecule has 3 rings (SSSR count). The first-order valence-electron chi connectivity index (χ1n) is 9.58. The molecule has 27 heavy (non-hydrogen) atoms. The Labute approximate surface area is 166 Å². The van der Waals surface area contributed by atoms with E-state index in [4.69, 9.17) is 11.6 Å². The van der Waals surface area contributed by atoms with Crippen molar-refractivity contribution in [3.05, 3.63) is 29.3 Å². The Morgan fingerprint density at radius 3 is 2.67 bits per heavy atom. The summed E-state index contributed by atoms with van der Waals surface area (Å²) in [4.78, 5) is 14.3. The SMILES string of the molecule is CC(C)CCN1C[C@@H]2CCN(C(=O)Nc3ccccc3Cl)CC[C@@H]2S1(=O)=O. The van der Waals surface area contributed by atoms with Crippen LogP contribution in [-0.2, 0) is 10.0 Å². The molecule has 0 saturated carbocycles.